The maximum absolute atomic E-state index is 14.0. The molecule has 1 saturated heterocycles. The van der Waals surface area contributed by atoms with Gasteiger partial charge in [-0.05, 0) is 60.4 Å². The SMILES string of the molecule is COc1cccc(C(C(=O)NCC2CCCO2)N(Cc2ccc(F)cc2)C(=O)Cn2nnc3ccccc32)c1. The van der Waals surface area contributed by atoms with Crippen molar-refractivity contribution in [1.82, 2.24) is 25.2 Å². The molecule has 0 saturated carbocycles. The average Bonchev–Trinajstić information content (AvgIpc) is 3.63. The van der Waals surface area contributed by atoms with Crippen LogP contribution in [0.15, 0.2) is 72.8 Å². The first-order valence-electron chi connectivity index (χ1n) is 12.9. The number of amides is 2. The largest absolute Gasteiger partial charge is 0.497 e. The minimum absolute atomic E-state index is 0.0670. The number of methoxy groups -OCH3 is 1. The number of ether oxygens (including phenoxy) is 2. The molecule has 1 aliphatic rings. The lowest BCUT2D eigenvalue weighted by Crippen LogP contribution is -2.46. The van der Waals surface area contributed by atoms with Crippen LogP contribution in [0.25, 0.3) is 11.0 Å². The van der Waals surface area contributed by atoms with Crippen molar-refractivity contribution in [2.24, 2.45) is 0 Å². The van der Waals surface area contributed by atoms with E-state index in [0.717, 1.165) is 12.8 Å². The number of fused-ring (bicyclic) bond motifs is 1. The third-order valence-electron chi connectivity index (χ3n) is 6.79. The summed E-state index contributed by atoms with van der Waals surface area (Å²) >= 11 is 0. The molecule has 2 atom stereocenters. The van der Waals surface area contributed by atoms with Crippen LogP contribution in [0.5, 0.6) is 5.75 Å². The van der Waals surface area contributed by atoms with E-state index in [4.69, 9.17) is 9.47 Å². The fourth-order valence-electron chi connectivity index (χ4n) is 4.76. The van der Waals surface area contributed by atoms with Crippen LogP contribution in [-0.2, 0) is 27.4 Å². The van der Waals surface area contributed by atoms with Crippen LogP contribution < -0.4 is 10.1 Å². The number of hydrogen-bond acceptors (Lipinski definition) is 6. The standard InChI is InChI=1S/C29H30FN5O4/c1-38-23-7-4-6-21(16-23)28(29(37)31-17-24-8-5-15-39-24)34(18-20-11-13-22(30)14-12-20)27(36)19-35-26-10-3-2-9-25(26)32-33-35/h2-4,6-7,9-14,16,24,28H,5,8,15,17-19H2,1H3,(H,31,37). The molecular weight excluding hydrogens is 501 g/mol. The van der Waals surface area contributed by atoms with Gasteiger partial charge in [0.1, 0.15) is 29.7 Å². The molecule has 0 aliphatic carbocycles. The van der Waals surface area contributed by atoms with Crippen molar-refractivity contribution < 1.29 is 23.5 Å². The normalized spacial score (nSPS) is 15.7. The summed E-state index contributed by atoms with van der Waals surface area (Å²) in [7, 11) is 1.54. The number of para-hydroxylation sites is 1. The summed E-state index contributed by atoms with van der Waals surface area (Å²) in [6.45, 7) is 0.939. The second kappa shape index (κ2) is 12.0. The third kappa shape index (κ3) is 6.23. The highest BCUT2D eigenvalue weighted by Gasteiger charge is 2.33. The van der Waals surface area contributed by atoms with Gasteiger partial charge in [0.15, 0.2) is 0 Å². The summed E-state index contributed by atoms with van der Waals surface area (Å²) in [6, 6.07) is 19.3. The highest BCUT2D eigenvalue weighted by Crippen LogP contribution is 2.28. The summed E-state index contributed by atoms with van der Waals surface area (Å²) in [5.74, 6) is -0.530. The maximum atomic E-state index is 14.0. The number of benzene rings is 3. The predicted octanol–water partition coefficient (Wildman–Crippen LogP) is 3.64. The van der Waals surface area contributed by atoms with E-state index in [0.29, 0.717) is 41.1 Å². The number of carbonyl (C=O) groups is 2. The van der Waals surface area contributed by atoms with Crippen LogP contribution in [-0.4, -0.2) is 58.1 Å². The lowest BCUT2D eigenvalue weighted by molar-refractivity contribution is -0.142. The molecule has 4 aromatic rings. The second-order valence-corrected chi connectivity index (χ2v) is 9.44. The van der Waals surface area contributed by atoms with E-state index in [1.807, 2.05) is 24.3 Å². The fourth-order valence-corrected chi connectivity index (χ4v) is 4.76. The lowest BCUT2D eigenvalue weighted by atomic mass is 10.0. The maximum Gasteiger partial charge on any atom is 0.247 e. The zero-order valence-electron chi connectivity index (χ0n) is 21.6. The minimum atomic E-state index is -0.992. The molecule has 39 heavy (non-hydrogen) atoms. The van der Waals surface area contributed by atoms with Crippen molar-refractivity contribution in [3.05, 3.63) is 89.7 Å². The molecule has 0 bridgehead atoms. The molecule has 1 aromatic heterocycles. The first kappa shape index (κ1) is 26.3. The molecule has 3 aromatic carbocycles. The van der Waals surface area contributed by atoms with Crippen molar-refractivity contribution >= 4 is 22.8 Å². The third-order valence-corrected chi connectivity index (χ3v) is 6.79. The van der Waals surface area contributed by atoms with Gasteiger partial charge < -0.3 is 19.7 Å². The van der Waals surface area contributed by atoms with Gasteiger partial charge in [0, 0.05) is 19.7 Å². The Hall–Kier alpha value is -4.31. The van der Waals surface area contributed by atoms with Crippen molar-refractivity contribution in [3.63, 3.8) is 0 Å². The Morgan fingerprint density at radius 1 is 1.15 bits per heavy atom. The Morgan fingerprint density at radius 3 is 2.74 bits per heavy atom. The van der Waals surface area contributed by atoms with Gasteiger partial charge in [-0.1, -0.05) is 41.6 Å². The molecule has 9 nitrogen and oxygen atoms in total. The van der Waals surface area contributed by atoms with E-state index in [1.165, 1.54) is 21.7 Å². The summed E-state index contributed by atoms with van der Waals surface area (Å²) in [6.07, 6.45) is 1.74. The molecule has 2 heterocycles. The average molecular weight is 532 g/mol. The van der Waals surface area contributed by atoms with Crippen molar-refractivity contribution in [2.45, 2.75) is 38.1 Å². The smallest absolute Gasteiger partial charge is 0.247 e. The first-order valence-corrected chi connectivity index (χ1v) is 12.9. The molecule has 2 unspecified atom stereocenters. The summed E-state index contributed by atoms with van der Waals surface area (Å²) in [5, 5.41) is 11.3. The monoisotopic (exact) mass is 531 g/mol. The van der Waals surface area contributed by atoms with Gasteiger partial charge in [-0.3, -0.25) is 9.59 Å². The molecule has 5 rings (SSSR count). The topological polar surface area (TPSA) is 98.6 Å². The van der Waals surface area contributed by atoms with E-state index >= 15 is 0 Å². The Labute approximate surface area is 225 Å². The van der Waals surface area contributed by atoms with Crippen LogP contribution in [0, 0.1) is 5.82 Å². The van der Waals surface area contributed by atoms with Gasteiger partial charge in [-0.25, -0.2) is 9.07 Å². The molecule has 0 spiro atoms. The number of aromatic nitrogens is 3. The van der Waals surface area contributed by atoms with Crippen LogP contribution in [0.4, 0.5) is 4.39 Å². The number of hydrogen-bond donors (Lipinski definition) is 1. The van der Waals surface area contributed by atoms with E-state index in [1.54, 1.807) is 43.5 Å². The van der Waals surface area contributed by atoms with E-state index < -0.39 is 6.04 Å². The molecule has 2 amide bonds. The zero-order chi connectivity index (χ0) is 27.2. The number of halogens is 1. The van der Waals surface area contributed by atoms with Gasteiger partial charge in [-0.15, -0.1) is 5.10 Å². The van der Waals surface area contributed by atoms with Gasteiger partial charge in [-0.2, -0.15) is 0 Å². The highest BCUT2D eigenvalue weighted by molar-refractivity contribution is 5.89. The van der Waals surface area contributed by atoms with E-state index in [2.05, 4.69) is 15.6 Å². The molecule has 0 radical (unpaired) electrons. The van der Waals surface area contributed by atoms with Crippen LogP contribution >= 0.6 is 0 Å². The summed E-state index contributed by atoms with van der Waals surface area (Å²) in [4.78, 5) is 29.3. The quantitative estimate of drug-likeness (QED) is 0.336. The van der Waals surface area contributed by atoms with Crippen molar-refractivity contribution in [3.8, 4) is 5.75 Å². The molecule has 1 aliphatic heterocycles. The molecule has 1 N–H and O–H groups in total. The van der Waals surface area contributed by atoms with E-state index in [9.17, 15) is 14.0 Å². The molecular formula is C29H30FN5O4. The predicted molar refractivity (Wildman–Crippen MR) is 142 cm³/mol. The highest BCUT2D eigenvalue weighted by atomic mass is 19.1. The summed E-state index contributed by atoms with van der Waals surface area (Å²) < 4.78 is 26.3. The molecule has 1 fully saturated rings. The van der Waals surface area contributed by atoms with E-state index in [-0.39, 0.29) is 36.8 Å². The first-order chi connectivity index (χ1) is 19.0. The number of nitrogens with one attached hydrogen (secondary N) is 1. The van der Waals surface area contributed by atoms with Gasteiger partial charge in [0.05, 0.1) is 18.7 Å². The van der Waals surface area contributed by atoms with Crippen molar-refractivity contribution in [1.29, 1.82) is 0 Å². The number of nitrogens with zero attached hydrogens (tertiary/aromatic N) is 4. The van der Waals surface area contributed by atoms with Gasteiger partial charge >= 0.3 is 0 Å². The van der Waals surface area contributed by atoms with Crippen molar-refractivity contribution in [2.75, 3.05) is 20.3 Å². The van der Waals surface area contributed by atoms with Crippen LogP contribution in [0.2, 0.25) is 0 Å². The lowest BCUT2D eigenvalue weighted by Gasteiger charge is -2.32. The molecule has 202 valence electrons. The Kier molecular flexibility index (Phi) is 8.12. The fraction of sp³-hybridized carbons (Fsp3) is 0.310. The zero-order valence-corrected chi connectivity index (χ0v) is 21.6. The second-order valence-electron chi connectivity index (χ2n) is 9.44. The van der Waals surface area contributed by atoms with Crippen LogP contribution in [0.1, 0.15) is 30.0 Å². The Bertz CT molecular complexity index is 1440. The number of carbonyl (C=O) groups excluding carboxylic acids is 2. The minimum Gasteiger partial charge on any atom is -0.497 e. The van der Waals surface area contributed by atoms with Crippen LogP contribution in [0.3, 0.4) is 0 Å². The van der Waals surface area contributed by atoms with Gasteiger partial charge in [0.2, 0.25) is 11.8 Å². The molecule has 10 heteroatoms. The Morgan fingerprint density at radius 2 is 1.97 bits per heavy atom. The van der Waals surface area contributed by atoms with Gasteiger partial charge in [0.25, 0.3) is 0 Å². The number of rotatable bonds is 10. The summed E-state index contributed by atoms with van der Waals surface area (Å²) in [5.41, 5.74) is 2.62. The Balaban J connectivity index is 1.51.